The van der Waals surface area contributed by atoms with Gasteiger partial charge in [-0.05, 0) is 35.4 Å². The molecule has 2 heterocycles. The molecule has 5 heteroatoms. The molecule has 3 aromatic rings. The third kappa shape index (κ3) is 4.56. The Kier molecular flexibility index (Phi) is 5.64. The number of pyridine rings is 1. The molecule has 2 aromatic carbocycles. The zero-order chi connectivity index (χ0) is 19.2. The number of hydrogen-bond donors (Lipinski definition) is 1. The van der Waals surface area contributed by atoms with Gasteiger partial charge in [0.25, 0.3) is 0 Å². The number of benzene rings is 2. The smallest absolute Gasteiger partial charge is 0.238 e. The lowest BCUT2D eigenvalue weighted by molar-refractivity contribution is -0.117. The van der Waals surface area contributed by atoms with Crippen LogP contribution in [0.15, 0.2) is 79.0 Å². The van der Waals surface area contributed by atoms with Gasteiger partial charge in [-0.15, -0.1) is 0 Å². The molecule has 1 aliphatic heterocycles. The summed E-state index contributed by atoms with van der Waals surface area (Å²) in [5.74, 6) is 1.03. The highest BCUT2D eigenvalue weighted by Gasteiger charge is 2.19. The van der Waals surface area contributed by atoms with Gasteiger partial charge in [-0.3, -0.25) is 9.69 Å². The molecule has 0 bridgehead atoms. The number of carbonyl (C=O) groups excluding carboxylic acids is 1. The van der Waals surface area contributed by atoms with E-state index in [-0.39, 0.29) is 5.91 Å². The minimum Gasteiger partial charge on any atom is -0.354 e. The number of hydrogen-bond acceptors (Lipinski definition) is 4. The van der Waals surface area contributed by atoms with Crippen molar-refractivity contribution in [2.45, 2.75) is 0 Å². The molecule has 0 radical (unpaired) electrons. The molecular formula is C23H24N4O. The van der Waals surface area contributed by atoms with E-state index in [9.17, 15) is 4.79 Å². The van der Waals surface area contributed by atoms with E-state index in [2.05, 4.69) is 32.2 Å². The molecule has 4 rings (SSSR count). The Balaban J connectivity index is 1.27. The first kappa shape index (κ1) is 18.2. The van der Waals surface area contributed by atoms with E-state index in [1.807, 2.05) is 66.9 Å². The van der Waals surface area contributed by atoms with Crippen molar-refractivity contribution < 1.29 is 4.79 Å². The number of rotatable bonds is 5. The highest BCUT2D eigenvalue weighted by Crippen LogP contribution is 2.21. The van der Waals surface area contributed by atoms with E-state index in [1.54, 1.807) is 0 Å². The normalized spacial score (nSPS) is 14.6. The number of nitrogens with one attached hydrogen (secondary N) is 1. The molecule has 0 aliphatic carbocycles. The monoisotopic (exact) mass is 372 g/mol. The third-order valence-electron chi connectivity index (χ3n) is 4.99. The summed E-state index contributed by atoms with van der Waals surface area (Å²) in [6, 6.07) is 24.2. The molecule has 1 N–H and O–H groups in total. The maximum atomic E-state index is 12.4. The van der Waals surface area contributed by atoms with Gasteiger partial charge in [-0.25, -0.2) is 4.98 Å². The van der Waals surface area contributed by atoms with Crippen LogP contribution in [0, 0.1) is 0 Å². The fourth-order valence-corrected chi connectivity index (χ4v) is 3.46. The van der Waals surface area contributed by atoms with Crippen molar-refractivity contribution in [3.8, 4) is 11.1 Å². The second kappa shape index (κ2) is 8.67. The second-order valence-corrected chi connectivity index (χ2v) is 6.94. The molecule has 1 aliphatic rings. The molecule has 0 unspecified atom stereocenters. The summed E-state index contributed by atoms with van der Waals surface area (Å²) in [6.07, 6.45) is 1.82. The quantitative estimate of drug-likeness (QED) is 0.745. The fourth-order valence-electron chi connectivity index (χ4n) is 3.46. The van der Waals surface area contributed by atoms with E-state index in [4.69, 9.17) is 0 Å². The Morgan fingerprint density at radius 1 is 0.821 bits per heavy atom. The van der Waals surface area contributed by atoms with Crippen LogP contribution in [-0.4, -0.2) is 48.5 Å². The highest BCUT2D eigenvalue weighted by molar-refractivity contribution is 5.92. The Bertz CT molecular complexity index is 889. The van der Waals surface area contributed by atoms with Crippen LogP contribution in [-0.2, 0) is 4.79 Å². The van der Waals surface area contributed by atoms with Crippen LogP contribution in [0.3, 0.4) is 0 Å². The zero-order valence-corrected chi connectivity index (χ0v) is 15.8. The average Bonchev–Trinajstić information content (AvgIpc) is 2.76. The molecule has 0 spiro atoms. The SMILES string of the molecule is O=C(CN1CCN(c2ccccn2)CC1)Nc1ccc(-c2ccccc2)cc1. The largest absolute Gasteiger partial charge is 0.354 e. The maximum Gasteiger partial charge on any atom is 0.238 e. The number of amides is 1. The first-order valence-electron chi connectivity index (χ1n) is 9.61. The Morgan fingerprint density at radius 2 is 1.50 bits per heavy atom. The topological polar surface area (TPSA) is 48.5 Å². The van der Waals surface area contributed by atoms with Gasteiger partial charge in [-0.2, -0.15) is 0 Å². The van der Waals surface area contributed by atoms with Crippen molar-refractivity contribution in [3.63, 3.8) is 0 Å². The lowest BCUT2D eigenvalue weighted by atomic mass is 10.1. The number of aromatic nitrogens is 1. The maximum absolute atomic E-state index is 12.4. The second-order valence-electron chi connectivity index (χ2n) is 6.94. The summed E-state index contributed by atoms with van der Waals surface area (Å²) in [5, 5.41) is 3.00. The standard InChI is InChI=1S/C23H24N4O/c28-23(18-26-14-16-27(17-15-26)22-8-4-5-13-24-22)25-21-11-9-20(10-12-21)19-6-2-1-3-7-19/h1-13H,14-18H2,(H,25,28). The van der Waals surface area contributed by atoms with E-state index < -0.39 is 0 Å². The molecule has 5 nitrogen and oxygen atoms in total. The van der Waals surface area contributed by atoms with Crippen molar-refractivity contribution in [3.05, 3.63) is 79.0 Å². The first-order chi connectivity index (χ1) is 13.8. The lowest BCUT2D eigenvalue weighted by Crippen LogP contribution is -2.48. The molecule has 28 heavy (non-hydrogen) atoms. The van der Waals surface area contributed by atoms with E-state index in [0.29, 0.717) is 6.54 Å². The predicted molar refractivity (Wildman–Crippen MR) is 113 cm³/mol. The summed E-state index contributed by atoms with van der Waals surface area (Å²) < 4.78 is 0. The van der Waals surface area contributed by atoms with Gasteiger partial charge >= 0.3 is 0 Å². The van der Waals surface area contributed by atoms with Crippen LogP contribution in [0.25, 0.3) is 11.1 Å². The predicted octanol–water partition coefficient (Wildman–Crippen LogP) is 3.51. The molecular weight excluding hydrogens is 348 g/mol. The zero-order valence-electron chi connectivity index (χ0n) is 15.8. The van der Waals surface area contributed by atoms with E-state index in [1.165, 1.54) is 5.56 Å². The Morgan fingerprint density at radius 3 is 2.18 bits per heavy atom. The summed E-state index contributed by atoms with van der Waals surface area (Å²) in [4.78, 5) is 21.3. The number of carbonyl (C=O) groups is 1. The van der Waals surface area contributed by atoms with Crippen molar-refractivity contribution in [2.24, 2.45) is 0 Å². The van der Waals surface area contributed by atoms with Gasteiger partial charge in [0.1, 0.15) is 5.82 Å². The first-order valence-corrected chi connectivity index (χ1v) is 9.61. The van der Waals surface area contributed by atoms with Crippen LogP contribution in [0.5, 0.6) is 0 Å². The molecule has 1 amide bonds. The fraction of sp³-hybridized carbons (Fsp3) is 0.217. The van der Waals surface area contributed by atoms with Crippen molar-refractivity contribution in [2.75, 3.05) is 42.9 Å². The van der Waals surface area contributed by atoms with Crippen LogP contribution in [0.4, 0.5) is 11.5 Å². The minimum atomic E-state index is 0.0266. The van der Waals surface area contributed by atoms with Crippen molar-refractivity contribution in [1.82, 2.24) is 9.88 Å². The van der Waals surface area contributed by atoms with Gasteiger partial charge < -0.3 is 10.2 Å². The number of piperazine rings is 1. The minimum absolute atomic E-state index is 0.0266. The van der Waals surface area contributed by atoms with E-state index in [0.717, 1.165) is 43.2 Å². The van der Waals surface area contributed by atoms with Crippen molar-refractivity contribution >= 4 is 17.4 Å². The van der Waals surface area contributed by atoms with Gasteiger partial charge in [0.2, 0.25) is 5.91 Å². The van der Waals surface area contributed by atoms with Gasteiger partial charge in [-0.1, -0.05) is 48.5 Å². The Hall–Kier alpha value is -3.18. The van der Waals surface area contributed by atoms with Gasteiger partial charge in [0.05, 0.1) is 6.54 Å². The Labute approximate surface area is 165 Å². The average molecular weight is 372 g/mol. The number of anilines is 2. The summed E-state index contributed by atoms with van der Waals surface area (Å²) >= 11 is 0. The van der Waals surface area contributed by atoms with E-state index >= 15 is 0 Å². The molecule has 1 aromatic heterocycles. The summed E-state index contributed by atoms with van der Waals surface area (Å²) in [7, 11) is 0. The van der Waals surface area contributed by atoms with Crippen LogP contribution in [0.2, 0.25) is 0 Å². The summed E-state index contributed by atoms with van der Waals surface area (Å²) in [5.41, 5.74) is 3.15. The number of nitrogens with zero attached hydrogens (tertiary/aromatic N) is 3. The molecule has 1 fully saturated rings. The molecule has 1 saturated heterocycles. The highest BCUT2D eigenvalue weighted by atomic mass is 16.2. The van der Waals surface area contributed by atoms with Crippen LogP contribution in [0.1, 0.15) is 0 Å². The molecule has 0 atom stereocenters. The van der Waals surface area contributed by atoms with Gasteiger partial charge in [0, 0.05) is 38.1 Å². The summed E-state index contributed by atoms with van der Waals surface area (Å²) in [6.45, 7) is 3.90. The molecule has 0 saturated carbocycles. The lowest BCUT2D eigenvalue weighted by Gasteiger charge is -2.34. The van der Waals surface area contributed by atoms with Crippen LogP contribution < -0.4 is 10.2 Å². The third-order valence-corrected chi connectivity index (χ3v) is 4.99. The van der Waals surface area contributed by atoms with Crippen LogP contribution >= 0.6 is 0 Å². The molecule has 142 valence electrons. The van der Waals surface area contributed by atoms with Crippen molar-refractivity contribution in [1.29, 1.82) is 0 Å². The van der Waals surface area contributed by atoms with Gasteiger partial charge in [0.15, 0.2) is 0 Å².